The average molecular weight is 264 g/mol. The molecule has 0 saturated carbocycles. The molecule has 0 bridgehead atoms. The molecule has 0 saturated heterocycles. The van der Waals surface area contributed by atoms with Crippen LogP contribution >= 0.6 is 0 Å². The molecule has 0 radical (unpaired) electrons. The van der Waals surface area contributed by atoms with Gasteiger partial charge in [-0.15, -0.1) is 0 Å². The molecule has 4 nitrogen and oxygen atoms in total. The number of hydrogen-bond donors (Lipinski definition) is 1. The minimum atomic E-state index is -1.05. The minimum Gasteiger partial charge on any atom is -0.478 e. The molecule has 0 amide bonds. The van der Waals surface area contributed by atoms with Gasteiger partial charge in [0, 0.05) is 0 Å². The monoisotopic (exact) mass is 264 g/mol. The van der Waals surface area contributed by atoms with Crippen LogP contribution in [0.15, 0.2) is 24.3 Å². The van der Waals surface area contributed by atoms with Crippen LogP contribution in [0.25, 0.3) is 0 Å². The van der Waals surface area contributed by atoms with Gasteiger partial charge < -0.3 is 9.84 Å². The molecule has 0 heterocycles. The lowest BCUT2D eigenvalue weighted by Gasteiger charge is -2.05. The summed E-state index contributed by atoms with van der Waals surface area (Å²) >= 11 is 0. The summed E-state index contributed by atoms with van der Waals surface area (Å²) in [6.07, 6.45) is 5.44. The van der Waals surface area contributed by atoms with Crippen LogP contribution < -0.4 is 0 Å². The second-order valence-corrected chi connectivity index (χ2v) is 4.44. The van der Waals surface area contributed by atoms with Crippen molar-refractivity contribution in [3.8, 4) is 0 Å². The molecular weight excluding hydrogens is 244 g/mol. The summed E-state index contributed by atoms with van der Waals surface area (Å²) in [5, 5.41) is 8.84. The van der Waals surface area contributed by atoms with E-state index in [1.807, 2.05) is 0 Å². The van der Waals surface area contributed by atoms with Gasteiger partial charge in [-0.25, -0.2) is 9.59 Å². The van der Waals surface area contributed by atoms with Crippen molar-refractivity contribution in [2.45, 2.75) is 39.0 Å². The van der Waals surface area contributed by atoms with Gasteiger partial charge in [0.05, 0.1) is 17.7 Å². The first-order chi connectivity index (χ1) is 9.15. The van der Waals surface area contributed by atoms with E-state index in [0.29, 0.717) is 6.61 Å². The van der Waals surface area contributed by atoms with Crippen LogP contribution in [0.5, 0.6) is 0 Å². The van der Waals surface area contributed by atoms with E-state index in [1.165, 1.54) is 25.0 Å². The fourth-order valence-electron chi connectivity index (χ4n) is 1.73. The zero-order valence-corrected chi connectivity index (χ0v) is 11.2. The number of esters is 1. The number of rotatable bonds is 8. The fourth-order valence-corrected chi connectivity index (χ4v) is 1.73. The highest BCUT2D eigenvalue weighted by atomic mass is 16.5. The summed E-state index contributed by atoms with van der Waals surface area (Å²) in [4.78, 5) is 22.5. The summed E-state index contributed by atoms with van der Waals surface area (Å²) in [5.74, 6) is -1.51. The molecule has 0 spiro atoms. The number of carboxylic acids is 1. The zero-order valence-electron chi connectivity index (χ0n) is 11.2. The fraction of sp³-hybridized carbons (Fsp3) is 0.467. The van der Waals surface area contributed by atoms with E-state index < -0.39 is 11.9 Å². The van der Waals surface area contributed by atoms with E-state index >= 15 is 0 Å². The summed E-state index contributed by atoms with van der Waals surface area (Å²) < 4.78 is 5.11. The standard InChI is InChI=1S/C15H20O4/c1-2-3-4-5-6-10-19-15(18)13-9-7-8-12(11-13)14(16)17/h7-9,11H,2-6,10H2,1H3,(H,16,17). The first kappa shape index (κ1) is 15.2. The summed E-state index contributed by atoms with van der Waals surface area (Å²) in [6, 6.07) is 5.89. The summed E-state index contributed by atoms with van der Waals surface area (Å²) in [6.45, 7) is 2.54. The van der Waals surface area contributed by atoms with E-state index in [-0.39, 0.29) is 11.1 Å². The van der Waals surface area contributed by atoms with Crippen molar-refractivity contribution in [1.29, 1.82) is 0 Å². The van der Waals surface area contributed by atoms with E-state index in [1.54, 1.807) is 12.1 Å². The molecular formula is C15H20O4. The first-order valence-corrected chi connectivity index (χ1v) is 6.65. The Hall–Kier alpha value is -1.84. The van der Waals surface area contributed by atoms with Gasteiger partial charge in [-0.2, -0.15) is 0 Å². The quantitative estimate of drug-likeness (QED) is 0.576. The molecule has 1 rings (SSSR count). The molecule has 0 aliphatic rings. The van der Waals surface area contributed by atoms with Crippen LogP contribution in [0.4, 0.5) is 0 Å². The maximum Gasteiger partial charge on any atom is 0.338 e. The van der Waals surface area contributed by atoms with Crippen LogP contribution in [0.2, 0.25) is 0 Å². The van der Waals surface area contributed by atoms with Crippen molar-refractivity contribution in [3.63, 3.8) is 0 Å². The molecule has 1 N–H and O–H groups in total. The maximum atomic E-state index is 11.7. The lowest BCUT2D eigenvalue weighted by molar-refractivity contribution is 0.0497. The highest BCUT2D eigenvalue weighted by Crippen LogP contribution is 2.08. The predicted octanol–water partition coefficient (Wildman–Crippen LogP) is 3.51. The van der Waals surface area contributed by atoms with Crippen LogP contribution in [0.1, 0.15) is 59.7 Å². The average Bonchev–Trinajstić information content (AvgIpc) is 2.42. The molecule has 104 valence electrons. The minimum absolute atomic E-state index is 0.0948. The highest BCUT2D eigenvalue weighted by Gasteiger charge is 2.10. The van der Waals surface area contributed by atoms with Crippen LogP contribution in [-0.2, 0) is 4.74 Å². The van der Waals surface area contributed by atoms with E-state index in [2.05, 4.69) is 6.92 Å². The van der Waals surface area contributed by atoms with Gasteiger partial charge in [-0.05, 0) is 24.6 Å². The Kier molecular flexibility index (Phi) is 6.64. The number of carbonyl (C=O) groups is 2. The molecule has 0 atom stereocenters. The van der Waals surface area contributed by atoms with Gasteiger partial charge in [0.15, 0.2) is 0 Å². The third kappa shape index (κ3) is 5.55. The van der Waals surface area contributed by atoms with Crippen LogP contribution in [0.3, 0.4) is 0 Å². The molecule has 4 heteroatoms. The van der Waals surface area contributed by atoms with E-state index in [4.69, 9.17) is 9.84 Å². The van der Waals surface area contributed by atoms with Crippen LogP contribution in [-0.4, -0.2) is 23.7 Å². The summed E-state index contributed by atoms with van der Waals surface area (Å²) in [5.41, 5.74) is 0.380. The number of carboxylic acid groups (broad SMARTS) is 1. The van der Waals surface area contributed by atoms with Crippen molar-refractivity contribution in [1.82, 2.24) is 0 Å². The zero-order chi connectivity index (χ0) is 14.1. The third-order valence-corrected chi connectivity index (χ3v) is 2.83. The Labute approximate surface area is 113 Å². The van der Waals surface area contributed by atoms with Gasteiger partial charge in [-0.1, -0.05) is 38.7 Å². The number of carbonyl (C=O) groups excluding carboxylic acids is 1. The SMILES string of the molecule is CCCCCCCOC(=O)c1cccc(C(=O)O)c1. The van der Waals surface area contributed by atoms with Crippen LogP contribution in [0, 0.1) is 0 Å². The molecule has 0 aliphatic heterocycles. The molecule has 1 aromatic carbocycles. The first-order valence-electron chi connectivity index (χ1n) is 6.65. The number of ether oxygens (including phenoxy) is 1. The number of unbranched alkanes of at least 4 members (excludes halogenated alkanes) is 4. The second-order valence-electron chi connectivity index (χ2n) is 4.44. The normalized spacial score (nSPS) is 10.2. The molecule has 0 unspecified atom stereocenters. The smallest absolute Gasteiger partial charge is 0.338 e. The molecule has 0 fully saturated rings. The molecule has 0 aromatic heterocycles. The summed E-state index contributed by atoms with van der Waals surface area (Å²) in [7, 11) is 0. The molecule has 19 heavy (non-hydrogen) atoms. The predicted molar refractivity (Wildman–Crippen MR) is 72.4 cm³/mol. The molecule has 0 aliphatic carbocycles. The van der Waals surface area contributed by atoms with Crippen molar-refractivity contribution in [2.24, 2.45) is 0 Å². The Morgan fingerprint density at radius 3 is 2.47 bits per heavy atom. The van der Waals surface area contributed by atoms with Crippen molar-refractivity contribution in [3.05, 3.63) is 35.4 Å². The second kappa shape index (κ2) is 8.29. The maximum absolute atomic E-state index is 11.7. The highest BCUT2D eigenvalue weighted by molar-refractivity contribution is 5.94. The Morgan fingerprint density at radius 2 is 1.79 bits per heavy atom. The number of benzene rings is 1. The lowest BCUT2D eigenvalue weighted by Crippen LogP contribution is -2.08. The number of hydrogen-bond acceptors (Lipinski definition) is 3. The van der Waals surface area contributed by atoms with Crippen molar-refractivity contribution < 1.29 is 19.4 Å². The van der Waals surface area contributed by atoms with E-state index in [9.17, 15) is 9.59 Å². The Balaban J connectivity index is 2.37. The van der Waals surface area contributed by atoms with Crippen molar-refractivity contribution >= 4 is 11.9 Å². The van der Waals surface area contributed by atoms with E-state index in [0.717, 1.165) is 19.3 Å². The molecule has 1 aromatic rings. The van der Waals surface area contributed by atoms with Crippen molar-refractivity contribution in [2.75, 3.05) is 6.61 Å². The van der Waals surface area contributed by atoms with Gasteiger partial charge >= 0.3 is 11.9 Å². The van der Waals surface area contributed by atoms with Gasteiger partial charge in [0.1, 0.15) is 0 Å². The number of aromatic carboxylic acids is 1. The topological polar surface area (TPSA) is 63.6 Å². The van der Waals surface area contributed by atoms with Gasteiger partial charge in [-0.3, -0.25) is 0 Å². The van der Waals surface area contributed by atoms with Gasteiger partial charge in [0.25, 0.3) is 0 Å². The van der Waals surface area contributed by atoms with Gasteiger partial charge in [0.2, 0.25) is 0 Å². The largest absolute Gasteiger partial charge is 0.478 e. The third-order valence-electron chi connectivity index (χ3n) is 2.83. The Morgan fingerprint density at radius 1 is 1.11 bits per heavy atom. The Bertz CT molecular complexity index is 426. The lowest BCUT2D eigenvalue weighted by atomic mass is 10.1.